The van der Waals surface area contributed by atoms with Crippen LogP contribution in [0.5, 0.6) is 11.5 Å². The van der Waals surface area contributed by atoms with Crippen molar-refractivity contribution in [1.82, 2.24) is 5.32 Å². The van der Waals surface area contributed by atoms with Gasteiger partial charge in [0, 0.05) is 13.1 Å². The van der Waals surface area contributed by atoms with Crippen molar-refractivity contribution in [2.24, 2.45) is 0 Å². The summed E-state index contributed by atoms with van der Waals surface area (Å²) in [5, 5.41) is 3.16. The summed E-state index contributed by atoms with van der Waals surface area (Å²) in [7, 11) is 0. The van der Waals surface area contributed by atoms with Crippen molar-refractivity contribution in [3.05, 3.63) is 35.2 Å². The lowest BCUT2D eigenvalue weighted by Gasteiger charge is -2.15. The van der Waals surface area contributed by atoms with Gasteiger partial charge in [-0.05, 0) is 49.0 Å². The Hall–Kier alpha value is -1.55. The van der Waals surface area contributed by atoms with Gasteiger partial charge in [-0.15, -0.1) is 0 Å². The van der Waals surface area contributed by atoms with E-state index in [4.69, 9.17) is 9.47 Å². The van der Waals surface area contributed by atoms with E-state index in [1.165, 1.54) is 6.42 Å². The van der Waals surface area contributed by atoms with Gasteiger partial charge in [-0.2, -0.15) is 0 Å². The van der Waals surface area contributed by atoms with Gasteiger partial charge >= 0.3 is 0 Å². The number of rotatable bonds is 4. The van der Waals surface area contributed by atoms with Crippen molar-refractivity contribution in [2.75, 3.05) is 13.3 Å². The maximum atomic E-state index is 14.0. The van der Waals surface area contributed by atoms with E-state index in [-0.39, 0.29) is 12.6 Å². The minimum absolute atomic E-state index is 0.0328. The molecule has 0 atom stereocenters. The smallest absolute Gasteiger partial charge is 0.231 e. The number of halogens is 1. The molecule has 0 saturated heterocycles. The van der Waals surface area contributed by atoms with Gasteiger partial charge in [0.2, 0.25) is 6.79 Å². The van der Waals surface area contributed by atoms with Gasteiger partial charge in [0.15, 0.2) is 11.5 Å². The quantitative estimate of drug-likeness (QED) is 0.910. The molecular weight excluding hydrogens is 257 g/mol. The molecule has 1 aliphatic heterocycles. The topological polar surface area (TPSA) is 30.5 Å². The number of allylic oxidation sites excluding steroid dienone is 1. The maximum absolute atomic E-state index is 14.0. The van der Waals surface area contributed by atoms with Crippen LogP contribution in [0.3, 0.4) is 0 Å². The van der Waals surface area contributed by atoms with Gasteiger partial charge < -0.3 is 14.8 Å². The van der Waals surface area contributed by atoms with Crippen molar-refractivity contribution in [1.29, 1.82) is 0 Å². The second-order valence-electron chi connectivity index (χ2n) is 5.36. The summed E-state index contributed by atoms with van der Waals surface area (Å²) >= 11 is 0. The first-order valence-corrected chi connectivity index (χ1v) is 7.28. The van der Waals surface area contributed by atoms with Crippen molar-refractivity contribution >= 4 is 0 Å². The van der Waals surface area contributed by atoms with Gasteiger partial charge in [-0.3, -0.25) is 0 Å². The third-order valence-corrected chi connectivity index (χ3v) is 3.89. The average Bonchev–Trinajstić information content (AvgIpc) is 2.95. The largest absolute Gasteiger partial charge is 0.454 e. The van der Waals surface area contributed by atoms with Gasteiger partial charge in [0.05, 0.1) is 0 Å². The molecule has 1 heterocycles. The van der Waals surface area contributed by atoms with Gasteiger partial charge in [0.1, 0.15) is 5.83 Å². The SMILES string of the molecule is FC(CNCc1ccc2c(c1)OCO2)=C1CCCCC1. The first kappa shape index (κ1) is 13.4. The Bertz CT molecular complexity index is 505. The van der Waals surface area contributed by atoms with Crippen molar-refractivity contribution in [3.8, 4) is 11.5 Å². The zero-order chi connectivity index (χ0) is 13.8. The summed E-state index contributed by atoms with van der Waals surface area (Å²) in [4.78, 5) is 0. The normalized spacial score (nSPS) is 17.4. The molecule has 1 aromatic rings. The first-order chi connectivity index (χ1) is 9.83. The fraction of sp³-hybridized carbons (Fsp3) is 0.500. The van der Waals surface area contributed by atoms with Crippen LogP contribution in [0.2, 0.25) is 0 Å². The predicted molar refractivity (Wildman–Crippen MR) is 75.5 cm³/mol. The molecule has 1 saturated carbocycles. The van der Waals surface area contributed by atoms with Crippen LogP contribution in [0.4, 0.5) is 4.39 Å². The zero-order valence-corrected chi connectivity index (χ0v) is 11.6. The van der Waals surface area contributed by atoms with Gasteiger partial charge in [-0.1, -0.05) is 12.5 Å². The van der Waals surface area contributed by atoms with Crippen LogP contribution >= 0.6 is 0 Å². The van der Waals surface area contributed by atoms with E-state index in [9.17, 15) is 4.39 Å². The molecule has 1 aromatic carbocycles. The van der Waals surface area contributed by atoms with E-state index in [1.807, 2.05) is 18.2 Å². The molecule has 3 rings (SSSR count). The predicted octanol–water partition coefficient (Wildman–Crippen LogP) is 3.69. The molecule has 2 aliphatic rings. The van der Waals surface area contributed by atoms with E-state index in [1.54, 1.807) is 0 Å². The lowest BCUT2D eigenvalue weighted by Crippen LogP contribution is -2.16. The Morgan fingerprint density at radius 3 is 2.75 bits per heavy atom. The fourth-order valence-electron chi connectivity index (χ4n) is 2.74. The fourth-order valence-corrected chi connectivity index (χ4v) is 2.74. The molecule has 4 heteroatoms. The first-order valence-electron chi connectivity index (χ1n) is 7.28. The molecule has 0 spiro atoms. The average molecular weight is 277 g/mol. The molecule has 108 valence electrons. The number of ether oxygens (including phenoxy) is 2. The molecule has 0 radical (unpaired) electrons. The minimum Gasteiger partial charge on any atom is -0.454 e. The number of nitrogens with one attached hydrogen (secondary N) is 1. The molecule has 20 heavy (non-hydrogen) atoms. The van der Waals surface area contributed by atoms with Crippen LogP contribution in [0.25, 0.3) is 0 Å². The van der Waals surface area contributed by atoms with E-state index in [2.05, 4.69) is 5.32 Å². The lowest BCUT2D eigenvalue weighted by molar-refractivity contribution is 0.174. The van der Waals surface area contributed by atoms with Crippen molar-refractivity contribution in [3.63, 3.8) is 0 Å². The summed E-state index contributed by atoms with van der Waals surface area (Å²) in [5.74, 6) is 1.59. The highest BCUT2D eigenvalue weighted by atomic mass is 19.1. The Labute approximate surface area is 118 Å². The Balaban J connectivity index is 1.52. The molecule has 1 fully saturated rings. The maximum Gasteiger partial charge on any atom is 0.231 e. The Kier molecular flexibility index (Phi) is 4.21. The third-order valence-electron chi connectivity index (χ3n) is 3.89. The Morgan fingerprint density at radius 2 is 1.90 bits per heavy atom. The van der Waals surface area contributed by atoms with E-state index in [0.717, 1.165) is 48.3 Å². The molecule has 0 unspecified atom stereocenters. The molecule has 0 amide bonds. The molecule has 1 N–H and O–H groups in total. The van der Waals surface area contributed by atoms with Crippen molar-refractivity contribution < 1.29 is 13.9 Å². The standard InChI is InChI=1S/C16H20FNO2/c17-14(13-4-2-1-3-5-13)10-18-9-12-6-7-15-16(8-12)20-11-19-15/h6-8,18H,1-5,9-11H2. The minimum atomic E-state index is 0.0328. The summed E-state index contributed by atoms with van der Waals surface area (Å²) < 4.78 is 24.6. The number of fused-ring (bicyclic) bond motifs is 1. The van der Waals surface area contributed by atoms with Crippen LogP contribution in [-0.2, 0) is 6.54 Å². The molecular formula is C16H20FNO2. The molecule has 0 bridgehead atoms. The van der Waals surface area contributed by atoms with E-state index >= 15 is 0 Å². The monoisotopic (exact) mass is 277 g/mol. The highest BCUT2D eigenvalue weighted by Gasteiger charge is 2.13. The lowest BCUT2D eigenvalue weighted by atomic mass is 9.94. The summed E-state index contributed by atoms with van der Waals surface area (Å²) in [6.45, 7) is 1.24. The van der Waals surface area contributed by atoms with Crippen molar-refractivity contribution in [2.45, 2.75) is 38.6 Å². The summed E-state index contributed by atoms with van der Waals surface area (Å²) in [5.41, 5.74) is 2.09. The molecule has 1 aliphatic carbocycles. The number of hydrogen-bond donors (Lipinski definition) is 1. The highest BCUT2D eigenvalue weighted by Crippen LogP contribution is 2.32. The van der Waals surface area contributed by atoms with Crippen LogP contribution in [-0.4, -0.2) is 13.3 Å². The van der Waals surface area contributed by atoms with E-state index in [0.29, 0.717) is 13.1 Å². The third kappa shape index (κ3) is 3.12. The van der Waals surface area contributed by atoms with Crippen LogP contribution < -0.4 is 14.8 Å². The second-order valence-corrected chi connectivity index (χ2v) is 5.36. The second kappa shape index (κ2) is 6.27. The van der Waals surface area contributed by atoms with Gasteiger partial charge in [-0.25, -0.2) is 4.39 Å². The summed E-state index contributed by atoms with van der Waals surface area (Å²) in [6.07, 6.45) is 5.35. The number of benzene rings is 1. The van der Waals surface area contributed by atoms with Crippen LogP contribution in [0.15, 0.2) is 29.6 Å². The Morgan fingerprint density at radius 1 is 1.10 bits per heavy atom. The molecule has 3 nitrogen and oxygen atoms in total. The summed E-state index contributed by atoms with van der Waals surface area (Å²) in [6, 6.07) is 5.82. The van der Waals surface area contributed by atoms with Crippen LogP contribution in [0, 0.1) is 0 Å². The van der Waals surface area contributed by atoms with Crippen LogP contribution in [0.1, 0.15) is 37.7 Å². The molecule has 0 aromatic heterocycles. The zero-order valence-electron chi connectivity index (χ0n) is 11.6. The van der Waals surface area contributed by atoms with Gasteiger partial charge in [0.25, 0.3) is 0 Å². The highest BCUT2D eigenvalue weighted by molar-refractivity contribution is 5.44. The van der Waals surface area contributed by atoms with E-state index < -0.39 is 0 Å². The number of hydrogen-bond acceptors (Lipinski definition) is 3.